The first-order valence-electron chi connectivity index (χ1n) is 16.1. The molecule has 0 spiro atoms. The lowest BCUT2D eigenvalue weighted by Crippen LogP contribution is -2.15. The maximum atomic E-state index is 12.4. The molecule has 12 heteroatoms. The molecule has 2 aliphatic heterocycles. The highest BCUT2D eigenvalue weighted by atomic mass is 16.6. The van der Waals surface area contributed by atoms with Crippen LogP contribution in [0.3, 0.4) is 0 Å². The van der Waals surface area contributed by atoms with E-state index in [1.807, 2.05) is 53.7 Å². The number of carbonyl (C=O) groups is 4. The molecule has 0 amide bonds. The first-order chi connectivity index (χ1) is 23.6. The Morgan fingerprint density at radius 3 is 1.18 bits per heavy atom. The molecule has 0 fully saturated rings. The van der Waals surface area contributed by atoms with E-state index in [4.69, 9.17) is 28.6 Å². The molecule has 0 aromatic heterocycles. The van der Waals surface area contributed by atoms with Gasteiger partial charge in [-0.1, -0.05) is 50.1 Å². The fraction of sp³-hybridized carbons (Fsp3) is 0.316. The molecular weight excluding hydrogens is 644 g/mol. The Kier molecular flexibility index (Phi) is 8.59. The molecule has 0 radical (unpaired) electrons. The second-order valence-corrected chi connectivity index (χ2v) is 12.9. The summed E-state index contributed by atoms with van der Waals surface area (Å²) in [6.07, 6.45) is 2.85. The number of ether oxygens (including phenoxy) is 4. The number of hydrogen-bond acceptors (Lipinski definition) is 12. The summed E-state index contributed by atoms with van der Waals surface area (Å²) < 4.78 is 22.9. The van der Waals surface area contributed by atoms with Gasteiger partial charge < -0.3 is 28.6 Å². The number of aryl methyl sites for hydroxylation is 2. The van der Waals surface area contributed by atoms with Gasteiger partial charge >= 0.3 is 23.9 Å². The zero-order valence-corrected chi connectivity index (χ0v) is 29.4. The molecule has 12 nitrogen and oxygen atoms in total. The maximum absolute atomic E-state index is 12.4. The molecule has 0 bridgehead atoms. The Bertz CT molecular complexity index is 2100. The SMILES string of the molecule is CC(=O)Oc1c(OC(C)=O)c2c3c(c(-c4c(C)cc5c(C(C)C)c(OC(C)=O)c(OC(C)=O)c6c5c4ON=C6)c(C)cc3c1C(C)C)ON=C2. The summed E-state index contributed by atoms with van der Waals surface area (Å²) in [4.78, 5) is 61.6. The van der Waals surface area contributed by atoms with Crippen molar-refractivity contribution in [2.45, 2.75) is 81.1 Å². The highest BCUT2D eigenvalue weighted by Gasteiger charge is 2.35. The quantitative estimate of drug-likeness (QED) is 0.141. The summed E-state index contributed by atoms with van der Waals surface area (Å²) in [5, 5.41) is 11.0. The number of nitrogens with zero attached hydrogens (tertiary/aromatic N) is 2. The summed E-state index contributed by atoms with van der Waals surface area (Å²) in [5.41, 5.74) is 4.88. The van der Waals surface area contributed by atoms with Crippen molar-refractivity contribution in [1.82, 2.24) is 0 Å². The lowest BCUT2D eigenvalue weighted by atomic mass is 9.83. The van der Waals surface area contributed by atoms with Crippen molar-refractivity contribution in [1.29, 1.82) is 0 Å². The fourth-order valence-corrected chi connectivity index (χ4v) is 6.94. The van der Waals surface area contributed by atoms with Gasteiger partial charge in [0.05, 0.1) is 23.6 Å². The van der Waals surface area contributed by atoms with Crippen LogP contribution in [0.25, 0.3) is 32.7 Å². The summed E-state index contributed by atoms with van der Waals surface area (Å²) in [6, 6.07) is 3.94. The number of benzene rings is 4. The van der Waals surface area contributed by atoms with Gasteiger partial charge in [0, 0.05) is 60.7 Å². The first-order valence-corrected chi connectivity index (χ1v) is 16.1. The number of hydrogen-bond donors (Lipinski definition) is 0. The fourth-order valence-electron chi connectivity index (χ4n) is 6.94. The van der Waals surface area contributed by atoms with Crippen molar-refractivity contribution >= 4 is 57.9 Å². The molecule has 0 saturated carbocycles. The molecule has 50 heavy (non-hydrogen) atoms. The average Bonchev–Trinajstić information content (AvgIpc) is 3.00. The molecule has 0 saturated heterocycles. The monoisotopic (exact) mass is 680 g/mol. The second-order valence-electron chi connectivity index (χ2n) is 12.9. The van der Waals surface area contributed by atoms with E-state index in [-0.39, 0.29) is 34.8 Å². The Morgan fingerprint density at radius 2 is 0.880 bits per heavy atom. The largest absolute Gasteiger partial charge is 0.422 e. The van der Waals surface area contributed by atoms with Crippen LogP contribution in [-0.4, -0.2) is 36.3 Å². The van der Waals surface area contributed by atoms with Crippen molar-refractivity contribution in [2.24, 2.45) is 10.3 Å². The summed E-state index contributed by atoms with van der Waals surface area (Å²) in [6.45, 7) is 16.7. The third-order valence-corrected chi connectivity index (χ3v) is 8.51. The third-order valence-electron chi connectivity index (χ3n) is 8.51. The maximum Gasteiger partial charge on any atom is 0.308 e. The third kappa shape index (κ3) is 5.50. The van der Waals surface area contributed by atoms with Gasteiger partial charge in [-0.15, -0.1) is 0 Å². The van der Waals surface area contributed by atoms with Crippen LogP contribution in [0.15, 0.2) is 22.4 Å². The van der Waals surface area contributed by atoms with Gasteiger partial charge in [-0.2, -0.15) is 0 Å². The van der Waals surface area contributed by atoms with E-state index in [0.717, 1.165) is 21.9 Å². The predicted molar refractivity (Wildman–Crippen MR) is 186 cm³/mol. The van der Waals surface area contributed by atoms with Crippen LogP contribution in [0.2, 0.25) is 0 Å². The summed E-state index contributed by atoms with van der Waals surface area (Å²) in [5.74, 6) is -1.60. The minimum absolute atomic E-state index is 0.0531. The molecule has 0 aliphatic carbocycles. The molecule has 2 aliphatic rings. The lowest BCUT2D eigenvalue weighted by molar-refractivity contribution is -0.134. The van der Waals surface area contributed by atoms with Gasteiger partial charge in [-0.3, -0.25) is 19.2 Å². The Labute approximate surface area is 287 Å². The Hall–Kier alpha value is -5.78. The molecule has 0 atom stereocenters. The first kappa shape index (κ1) is 34.1. The van der Waals surface area contributed by atoms with Crippen molar-refractivity contribution in [2.75, 3.05) is 0 Å². The van der Waals surface area contributed by atoms with Crippen LogP contribution >= 0.6 is 0 Å². The topological polar surface area (TPSA) is 148 Å². The number of rotatable bonds is 7. The smallest absolute Gasteiger partial charge is 0.308 e. The van der Waals surface area contributed by atoms with Crippen LogP contribution < -0.4 is 28.6 Å². The number of carbonyl (C=O) groups excluding carboxylic acids is 4. The molecule has 6 rings (SSSR count). The van der Waals surface area contributed by atoms with Crippen LogP contribution in [0.4, 0.5) is 0 Å². The molecule has 4 aromatic rings. The highest BCUT2D eigenvalue weighted by molar-refractivity contribution is 6.17. The van der Waals surface area contributed by atoms with Crippen LogP contribution in [-0.2, 0) is 19.2 Å². The van der Waals surface area contributed by atoms with Gasteiger partial charge in [0.1, 0.15) is 0 Å². The zero-order valence-electron chi connectivity index (χ0n) is 29.4. The van der Waals surface area contributed by atoms with Gasteiger partial charge in [-0.05, 0) is 47.6 Å². The van der Waals surface area contributed by atoms with E-state index in [1.54, 1.807) is 0 Å². The van der Waals surface area contributed by atoms with Crippen molar-refractivity contribution < 1.29 is 47.8 Å². The highest BCUT2D eigenvalue weighted by Crippen LogP contribution is 2.56. The molecular formula is C38H36N2O10. The minimum atomic E-state index is -0.608. The molecule has 2 heterocycles. The number of esters is 4. The molecule has 0 N–H and O–H groups in total. The van der Waals surface area contributed by atoms with E-state index in [2.05, 4.69) is 10.3 Å². The van der Waals surface area contributed by atoms with E-state index in [9.17, 15) is 19.2 Å². The second kappa shape index (κ2) is 12.6. The van der Waals surface area contributed by atoms with Crippen molar-refractivity contribution in [3.05, 3.63) is 45.5 Å². The Morgan fingerprint density at radius 1 is 0.560 bits per heavy atom. The van der Waals surface area contributed by atoms with Gasteiger partial charge in [0.25, 0.3) is 0 Å². The van der Waals surface area contributed by atoms with Crippen LogP contribution in [0, 0.1) is 13.8 Å². The van der Waals surface area contributed by atoms with Gasteiger partial charge in [0.2, 0.25) is 0 Å². The molecule has 258 valence electrons. The van der Waals surface area contributed by atoms with Gasteiger partial charge in [-0.25, -0.2) is 0 Å². The van der Waals surface area contributed by atoms with Crippen molar-refractivity contribution in [3.63, 3.8) is 0 Å². The van der Waals surface area contributed by atoms with Gasteiger partial charge in [0.15, 0.2) is 34.5 Å². The predicted octanol–water partition coefficient (Wildman–Crippen LogP) is 7.68. The normalized spacial score (nSPS) is 12.6. The van der Waals surface area contributed by atoms with Crippen LogP contribution in [0.5, 0.6) is 34.5 Å². The summed E-state index contributed by atoms with van der Waals surface area (Å²) >= 11 is 0. The molecule has 0 unspecified atom stereocenters. The average molecular weight is 681 g/mol. The van der Waals surface area contributed by atoms with E-state index < -0.39 is 23.9 Å². The minimum Gasteiger partial charge on any atom is -0.422 e. The Balaban J connectivity index is 1.79. The molecule has 4 aromatic carbocycles. The number of oxime groups is 2. The van der Waals surface area contributed by atoms with E-state index in [0.29, 0.717) is 55.7 Å². The lowest BCUT2D eigenvalue weighted by Gasteiger charge is -2.28. The van der Waals surface area contributed by atoms with E-state index in [1.165, 1.54) is 40.1 Å². The zero-order chi connectivity index (χ0) is 36.3. The van der Waals surface area contributed by atoms with Crippen molar-refractivity contribution in [3.8, 4) is 45.6 Å². The van der Waals surface area contributed by atoms with Crippen LogP contribution in [0.1, 0.15) is 101 Å². The standard InChI is InChI=1S/C38H36N2O10/c1-15(2)27-23-11-17(5)29(35-31(23)25(13-39-49-35)33(45-19(7)41)37(27)47-21(9)43)30-18(6)12-24-28(16(3)4)38(48-22(10)44)34(46-20(8)42)26-14-40-50-36(30)32(24)26/h11-16H,1-10H3. The van der Waals surface area contributed by atoms with E-state index >= 15 is 0 Å². The summed E-state index contributed by atoms with van der Waals surface area (Å²) in [7, 11) is 0.